The van der Waals surface area contributed by atoms with Crippen LogP contribution in [-0.4, -0.2) is 29.6 Å². The van der Waals surface area contributed by atoms with E-state index in [1.807, 2.05) is 0 Å². The Hall–Kier alpha value is -0.760. The average Bonchev–Trinajstić information content (AvgIpc) is 2.83. The molecule has 32 heavy (non-hydrogen) atoms. The molecule has 5 unspecified atom stereocenters. The Morgan fingerprint density at radius 3 is 1.97 bits per heavy atom. The van der Waals surface area contributed by atoms with Crippen molar-refractivity contribution in [1.82, 2.24) is 10.2 Å². The van der Waals surface area contributed by atoms with E-state index in [0.29, 0.717) is 12.0 Å². The average molecular weight is 447 g/mol. The monoisotopic (exact) mass is 446 g/mol. The molecular formula is C30H58N2. The first-order chi connectivity index (χ1) is 15.4. The maximum Gasteiger partial charge on any atom is 0.0429 e. The molecule has 188 valence electrons. The van der Waals surface area contributed by atoms with Crippen LogP contribution in [-0.2, 0) is 0 Å². The van der Waals surface area contributed by atoms with E-state index in [1.165, 1.54) is 76.5 Å². The van der Waals surface area contributed by atoms with Gasteiger partial charge in [-0.05, 0) is 63.0 Å². The molecular weight excluding hydrogens is 388 g/mol. The summed E-state index contributed by atoms with van der Waals surface area (Å²) in [6, 6.07) is 0.601. The quantitative estimate of drug-likeness (QED) is 0.226. The number of rotatable bonds is 18. The van der Waals surface area contributed by atoms with Gasteiger partial charge in [0.2, 0.25) is 0 Å². The van der Waals surface area contributed by atoms with Crippen molar-refractivity contribution in [3.63, 3.8) is 0 Å². The number of allylic oxidation sites excluding steroid dienone is 1. The molecule has 0 amide bonds. The number of nitrogens with one attached hydrogen (secondary N) is 1. The molecule has 1 aliphatic rings. The Balaban J connectivity index is 2.97. The van der Waals surface area contributed by atoms with Crippen molar-refractivity contribution in [3.05, 3.63) is 23.9 Å². The SMILES string of the molecule is CCCCC(CC)CNC1(C(C)CC)C=CC(N(CC(CC)CCCC)C(C)CC)=CC1. The predicted molar refractivity (Wildman–Crippen MR) is 145 cm³/mol. The van der Waals surface area contributed by atoms with E-state index in [-0.39, 0.29) is 5.54 Å². The molecule has 0 spiro atoms. The van der Waals surface area contributed by atoms with Gasteiger partial charge in [0.15, 0.2) is 0 Å². The van der Waals surface area contributed by atoms with Gasteiger partial charge in [-0.2, -0.15) is 0 Å². The Morgan fingerprint density at radius 1 is 0.875 bits per heavy atom. The molecule has 5 atom stereocenters. The number of unbranched alkanes of at least 4 members (excludes halogenated alkanes) is 2. The van der Waals surface area contributed by atoms with E-state index in [0.717, 1.165) is 24.8 Å². The zero-order valence-corrected chi connectivity index (χ0v) is 23.2. The first kappa shape index (κ1) is 29.3. The van der Waals surface area contributed by atoms with Crippen molar-refractivity contribution >= 4 is 0 Å². The Morgan fingerprint density at radius 2 is 1.50 bits per heavy atom. The third-order valence-corrected chi connectivity index (χ3v) is 8.41. The number of nitrogens with zero attached hydrogens (tertiary/aromatic N) is 1. The zero-order chi connectivity index (χ0) is 24.0. The van der Waals surface area contributed by atoms with Crippen LogP contribution in [0.5, 0.6) is 0 Å². The maximum atomic E-state index is 4.08. The fourth-order valence-electron chi connectivity index (χ4n) is 5.13. The smallest absolute Gasteiger partial charge is 0.0429 e. The van der Waals surface area contributed by atoms with Crippen LogP contribution in [0.2, 0.25) is 0 Å². The molecule has 2 heteroatoms. The Bertz CT molecular complexity index is 537. The summed E-state index contributed by atoms with van der Waals surface area (Å²) >= 11 is 0. The molecule has 0 aromatic rings. The van der Waals surface area contributed by atoms with Gasteiger partial charge in [0.1, 0.15) is 0 Å². The molecule has 1 N–H and O–H groups in total. The summed E-state index contributed by atoms with van der Waals surface area (Å²) < 4.78 is 0. The lowest BCUT2D eigenvalue weighted by Gasteiger charge is -2.42. The molecule has 0 radical (unpaired) electrons. The van der Waals surface area contributed by atoms with E-state index in [2.05, 4.69) is 83.8 Å². The summed E-state index contributed by atoms with van der Waals surface area (Å²) in [6.07, 6.45) is 21.8. The van der Waals surface area contributed by atoms with Crippen LogP contribution >= 0.6 is 0 Å². The van der Waals surface area contributed by atoms with Gasteiger partial charge >= 0.3 is 0 Å². The highest BCUT2D eigenvalue weighted by Gasteiger charge is 2.34. The largest absolute Gasteiger partial charge is 0.369 e. The zero-order valence-electron chi connectivity index (χ0n) is 23.2. The number of hydrogen-bond acceptors (Lipinski definition) is 2. The Labute approximate surface area is 202 Å². The molecule has 0 fully saturated rings. The highest BCUT2D eigenvalue weighted by Crippen LogP contribution is 2.33. The molecule has 1 rings (SSSR count). The van der Waals surface area contributed by atoms with Crippen LogP contribution in [0, 0.1) is 17.8 Å². The molecule has 0 bridgehead atoms. The molecule has 0 aliphatic heterocycles. The summed E-state index contributed by atoms with van der Waals surface area (Å²) in [5, 5.41) is 4.08. The highest BCUT2D eigenvalue weighted by molar-refractivity contribution is 5.30. The van der Waals surface area contributed by atoms with Crippen LogP contribution in [0.1, 0.15) is 126 Å². The van der Waals surface area contributed by atoms with E-state index in [9.17, 15) is 0 Å². The minimum Gasteiger partial charge on any atom is -0.369 e. The third-order valence-electron chi connectivity index (χ3n) is 8.41. The van der Waals surface area contributed by atoms with Gasteiger partial charge < -0.3 is 10.2 Å². The molecule has 0 aromatic heterocycles. The van der Waals surface area contributed by atoms with Gasteiger partial charge in [0.05, 0.1) is 0 Å². The van der Waals surface area contributed by atoms with Crippen molar-refractivity contribution in [2.45, 2.75) is 138 Å². The highest BCUT2D eigenvalue weighted by atomic mass is 15.2. The standard InChI is InChI=1S/C30H58N2/c1-9-15-17-27(13-5)23-31-30(25(7)11-3)21-19-29(20-22-30)32(26(8)12-4)24-28(14-6)18-16-10-2/h19-21,25-28,31H,9-18,22-24H2,1-8H3. The lowest BCUT2D eigenvalue weighted by molar-refractivity contribution is 0.208. The van der Waals surface area contributed by atoms with E-state index < -0.39 is 0 Å². The van der Waals surface area contributed by atoms with Crippen molar-refractivity contribution < 1.29 is 0 Å². The normalized spacial score (nSPS) is 22.3. The van der Waals surface area contributed by atoms with Gasteiger partial charge in [-0.15, -0.1) is 0 Å². The van der Waals surface area contributed by atoms with Gasteiger partial charge in [0.25, 0.3) is 0 Å². The van der Waals surface area contributed by atoms with Crippen molar-refractivity contribution in [3.8, 4) is 0 Å². The molecule has 1 aliphatic carbocycles. The topological polar surface area (TPSA) is 15.3 Å². The molecule has 0 saturated heterocycles. The summed E-state index contributed by atoms with van der Waals surface area (Å²) in [4.78, 5) is 2.72. The van der Waals surface area contributed by atoms with Crippen molar-refractivity contribution in [1.29, 1.82) is 0 Å². The lowest BCUT2D eigenvalue weighted by atomic mass is 9.77. The van der Waals surface area contributed by atoms with E-state index in [4.69, 9.17) is 0 Å². The first-order valence-corrected chi connectivity index (χ1v) is 14.3. The third kappa shape index (κ3) is 8.88. The van der Waals surface area contributed by atoms with Crippen LogP contribution in [0.25, 0.3) is 0 Å². The summed E-state index contributed by atoms with van der Waals surface area (Å²) in [7, 11) is 0. The van der Waals surface area contributed by atoms with Gasteiger partial charge in [-0.1, -0.05) is 106 Å². The van der Waals surface area contributed by atoms with Gasteiger partial charge in [-0.25, -0.2) is 0 Å². The van der Waals surface area contributed by atoms with Crippen molar-refractivity contribution in [2.24, 2.45) is 17.8 Å². The van der Waals surface area contributed by atoms with Crippen LogP contribution in [0.15, 0.2) is 23.9 Å². The Kier molecular flexibility index (Phi) is 14.6. The fourth-order valence-corrected chi connectivity index (χ4v) is 5.13. The summed E-state index contributed by atoms with van der Waals surface area (Å²) in [5.74, 6) is 2.25. The summed E-state index contributed by atoms with van der Waals surface area (Å²) in [5.41, 5.74) is 1.58. The predicted octanol–water partition coefficient (Wildman–Crippen LogP) is 8.74. The summed E-state index contributed by atoms with van der Waals surface area (Å²) in [6.45, 7) is 21.3. The molecule has 0 saturated carbocycles. The van der Waals surface area contributed by atoms with Crippen molar-refractivity contribution in [2.75, 3.05) is 13.1 Å². The second kappa shape index (κ2) is 16.0. The maximum absolute atomic E-state index is 4.08. The fraction of sp³-hybridized carbons (Fsp3) is 0.867. The van der Waals surface area contributed by atoms with Crippen LogP contribution in [0.4, 0.5) is 0 Å². The second-order valence-electron chi connectivity index (χ2n) is 10.6. The van der Waals surface area contributed by atoms with Gasteiger partial charge in [0, 0.05) is 23.8 Å². The number of hydrogen-bond donors (Lipinski definition) is 1. The van der Waals surface area contributed by atoms with Crippen LogP contribution in [0.3, 0.4) is 0 Å². The van der Waals surface area contributed by atoms with E-state index >= 15 is 0 Å². The first-order valence-electron chi connectivity index (χ1n) is 14.3. The minimum absolute atomic E-state index is 0.116. The minimum atomic E-state index is 0.116. The molecule has 0 aromatic carbocycles. The molecule has 2 nitrogen and oxygen atoms in total. The lowest BCUT2D eigenvalue weighted by Crippen LogP contribution is -2.51. The van der Waals surface area contributed by atoms with Crippen LogP contribution < -0.4 is 5.32 Å². The molecule has 0 heterocycles. The second-order valence-corrected chi connectivity index (χ2v) is 10.6. The van der Waals surface area contributed by atoms with E-state index in [1.54, 1.807) is 0 Å². The van der Waals surface area contributed by atoms with Gasteiger partial charge in [-0.3, -0.25) is 0 Å².